The summed E-state index contributed by atoms with van der Waals surface area (Å²) in [5.41, 5.74) is 1.82. The molecule has 1 fully saturated rings. The summed E-state index contributed by atoms with van der Waals surface area (Å²) in [4.78, 5) is 8.72. The van der Waals surface area contributed by atoms with Crippen LogP contribution in [0.2, 0.25) is 5.15 Å². The lowest BCUT2D eigenvalue weighted by molar-refractivity contribution is 0.633. The van der Waals surface area contributed by atoms with Crippen LogP contribution in [0.3, 0.4) is 0 Å². The van der Waals surface area contributed by atoms with E-state index in [1.807, 2.05) is 25.6 Å². The molecular formula is C12H18ClN3S. The summed E-state index contributed by atoms with van der Waals surface area (Å²) >= 11 is 8.11. The van der Waals surface area contributed by atoms with Gasteiger partial charge in [-0.1, -0.05) is 11.6 Å². The Hall–Kier alpha value is -0.480. The van der Waals surface area contributed by atoms with Crippen molar-refractivity contribution >= 4 is 29.2 Å². The van der Waals surface area contributed by atoms with Crippen LogP contribution in [-0.2, 0) is 0 Å². The monoisotopic (exact) mass is 271 g/mol. The molecule has 0 aliphatic carbocycles. The van der Waals surface area contributed by atoms with Gasteiger partial charge in [0.1, 0.15) is 0 Å². The standard InChI is InChI=1S/C12H18ClN3S/c1-8-9(2)16-11(10(13)15-8)14-7-12(3)5-4-6-17-12/h4-7H2,1-3H3,(H,14,16). The molecule has 2 heterocycles. The summed E-state index contributed by atoms with van der Waals surface area (Å²) in [7, 11) is 0. The fourth-order valence-electron chi connectivity index (χ4n) is 1.94. The highest BCUT2D eigenvalue weighted by Gasteiger charge is 2.29. The van der Waals surface area contributed by atoms with Crippen molar-refractivity contribution in [2.45, 2.75) is 38.4 Å². The smallest absolute Gasteiger partial charge is 0.171 e. The number of thioether (sulfide) groups is 1. The summed E-state index contributed by atoms with van der Waals surface area (Å²) in [5, 5.41) is 3.81. The third kappa shape index (κ3) is 3.05. The van der Waals surface area contributed by atoms with Crippen LogP contribution in [0.4, 0.5) is 5.82 Å². The zero-order valence-corrected chi connectivity index (χ0v) is 12.1. The fourth-order valence-corrected chi connectivity index (χ4v) is 3.42. The predicted molar refractivity (Wildman–Crippen MR) is 75.1 cm³/mol. The number of nitrogens with zero attached hydrogens (tertiary/aromatic N) is 2. The first-order chi connectivity index (χ1) is 8.00. The molecule has 0 amide bonds. The van der Waals surface area contributed by atoms with Crippen molar-refractivity contribution in [3.8, 4) is 0 Å². The van der Waals surface area contributed by atoms with Crippen molar-refractivity contribution in [2.24, 2.45) is 0 Å². The molecule has 0 saturated carbocycles. The number of aryl methyl sites for hydroxylation is 2. The van der Waals surface area contributed by atoms with Crippen LogP contribution in [-0.4, -0.2) is 27.0 Å². The van der Waals surface area contributed by atoms with E-state index in [0.29, 0.717) is 15.7 Å². The Morgan fingerprint density at radius 2 is 2.06 bits per heavy atom. The van der Waals surface area contributed by atoms with Gasteiger partial charge in [0.05, 0.1) is 11.4 Å². The van der Waals surface area contributed by atoms with Crippen LogP contribution in [0.25, 0.3) is 0 Å². The summed E-state index contributed by atoms with van der Waals surface area (Å²) < 4.78 is 0.309. The first-order valence-corrected chi connectivity index (χ1v) is 7.25. The van der Waals surface area contributed by atoms with Gasteiger partial charge in [-0.25, -0.2) is 9.97 Å². The molecule has 17 heavy (non-hydrogen) atoms. The SMILES string of the molecule is Cc1nc(Cl)c(NCC2(C)CCCS2)nc1C. The first kappa shape index (κ1) is 13.0. The minimum absolute atomic E-state index is 0.309. The Balaban J connectivity index is 2.06. The van der Waals surface area contributed by atoms with E-state index in [1.165, 1.54) is 18.6 Å². The number of halogens is 1. The van der Waals surface area contributed by atoms with Gasteiger partial charge < -0.3 is 5.32 Å². The molecule has 0 bridgehead atoms. The molecule has 0 spiro atoms. The number of aromatic nitrogens is 2. The molecular weight excluding hydrogens is 254 g/mol. The highest BCUT2D eigenvalue weighted by molar-refractivity contribution is 8.00. The van der Waals surface area contributed by atoms with Gasteiger partial charge in [0, 0.05) is 11.3 Å². The first-order valence-electron chi connectivity index (χ1n) is 5.89. The van der Waals surface area contributed by atoms with Gasteiger partial charge in [-0.15, -0.1) is 0 Å². The second kappa shape index (κ2) is 5.02. The van der Waals surface area contributed by atoms with Crippen LogP contribution in [0.5, 0.6) is 0 Å². The Morgan fingerprint density at radius 3 is 2.71 bits per heavy atom. The zero-order chi connectivity index (χ0) is 12.5. The van der Waals surface area contributed by atoms with E-state index in [0.717, 1.165) is 17.9 Å². The van der Waals surface area contributed by atoms with Crippen LogP contribution in [0.15, 0.2) is 0 Å². The molecule has 1 aromatic heterocycles. The average molecular weight is 272 g/mol. The highest BCUT2D eigenvalue weighted by Crippen LogP contribution is 2.37. The Kier molecular flexibility index (Phi) is 3.83. The van der Waals surface area contributed by atoms with Gasteiger partial charge in [0.25, 0.3) is 0 Å². The van der Waals surface area contributed by atoms with Crippen molar-refractivity contribution in [3.05, 3.63) is 16.5 Å². The lowest BCUT2D eigenvalue weighted by Gasteiger charge is -2.23. The van der Waals surface area contributed by atoms with Crippen molar-refractivity contribution in [1.29, 1.82) is 0 Å². The molecule has 1 aliphatic heterocycles. The van der Waals surface area contributed by atoms with E-state index < -0.39 is 0 Å². The summed E-state index contributed by atoms with van der Waals surface area (Å²) in [6.45, 7) is 7.07. The van der Waals surface area contributed by atoms with Crippen molar-refractivity contribution in [3.63, 3.8) is 0 Å². The lowest BCUT2D eigenvalue weighted by atomic mass is 10.1. The number of rotatable bonds is 3. The summed E-state index contributed by atoms with van der Waals surface area (Å²) in [6.07, 6.45) is 2.55. The normalized spacial score (nSPS) is 24.0. The minimum atomic E-state index is 0.309. The van der Waals surface area contributed by atoms with Crippen LogP contribution >= 0.6 is 23.4 Å². The Bertz CT molecular complexity index is 416. The van der Waals surface area contributed by atoms with Gasteiger partial charge in [-0.3, -0.25) is 0 Å². The third-order valence-electron chi connectivity index (χ3n) is 3.19. The van der Waals surface area contributed by atoms with Gasteiger partial charge in [-0.2, -0.15) is 11.8 Å². The number of nitrogens with one attached hydrogen (secondary N) is 1. The quantitative estimate of drug-likeness (QED) is 0.914. The molecule has 1 aromatic rings. The minimum Gasteiger partial charge on any atom is -0.366 e. The van der Waals surface area contributed by atoms with Crippen LogP contribution in [0.1, 0.15) is 31.2 Å². The van der Waals surface area contributed by atoms with Crippen molar-refractivity contribution in [1.82, 2.24) is 9.97 Å². The summed E-state index contributed by atoms with van der Waals surface area (Å²) in [5.74, 6) is 1.97. The molecule has 3 nitrogen and oxygen atoms in total. The van der Waals surface area contributed by atoms with E-state index >= 15 is 0 Å². The van der Waals surface area contributed by atoms with Crippen molar-refractivity contribution in [2.75, 3.05) is 17.6 Å². The van der Waals surface area contributed by atoms with Gasteiger partial charge in [0.2, 0.25) is 0 Å². The third-order valence-corrected chi connectivity index (χ3v) is 5.00. The maximum atomic E-state index is 6.09. The second-order valence-electron chi connectivity index (χ2n) is 4.79. The molecule has 1 aliphatic rings. The predicted octanol–water partition coefficient (Wildman–Crippen LogP) is 3.44. The van der Waals surface area contributed by atoms with Crippen LogP contribution < -0.4 is 5.32 Å². The summed E-state index contributed by atoms with van der Waals surface area (Å²) in [6, 6.07) is 0. The number of hydrogen-bond acceptors (Lipinski definition) is 4. The largest absolute Gasteiger partial charge is 0.366 e. The Morgan fingerprint density at radius 1 is 1.35 bits per heavy atom. The molecule has 1 atom stereocenters. The molecule has 1 unspecified atom stereocenters. The van der Waals surface area contributed by atoms with E-state index in [4.69, 9.17) is 11.6 Å². The number of anilines is 1. The van der Waals surface area contributed by atoms with E-state index in [2.05, 4.69) is 22.2 Å². The molecule has 1 N–H and O–H groups in total. The van der Waals surface area contributed by atoms with Gasteiger partial charge in [-0.05, 0) is 39.4 Å². The average Bonchev–Trinajstić information content (AvgIpc) is 2.69. The maximum Gasteiger partial charge on any atom is 0.171 e. The molecule has 1 saturated heterocycles. The van der Waals surface area contributed by atoms with E-state index in [9.17, 15) is 0 Å². The topological polar surface area (TPSA) is 37.8 Å². The van der Waals surface area contributed by atoms with E-state index in [1.54, 1.807) is 0 Å². The number of hydrogen-bond donors (Lipinski definition) is 1. The molecule has 5 heteroatoms. The van der Waals surface area contributed by atoms with Gasteiger partial charge in [0.15, 0.2) is 11.0 Å². The van der Waals surface area contributed by atoms with E-state index in [-0.39, 0.29) is 0 Å². The molecule has 94 valence electrons. The maximum absolute atomic E-state index is 6.09. The fraction of sp³-hybridized carbons (Fsp3) is 0.667. The molecule has 2 rings (SSSR count). The molecule has 0 aromatic carbocycles. The van der Waals surface area contributed by atoms with Crippen LogP contribution in [0, 0.1) is 13.8 Å². The zero-order valence-electron chi connectivity index (χ0n) is 10.5. The lowest BCUT2D eigenvalue weighted by Crippen LogP contribution is -2.27. The Labute approximate surface area is 112 Å². The van der Waals surface area contributed by atoms with Crippen molar-refractivity contribution < 1.29 is 0 Å². The molecule has 0 radical (unpaired) electrons. The highest BCUT2D eigenvalue weighted by atomic mass is 35.5. The van der Waals surface area contributed by atoms with Gasteiger partial charge >= 0.3 is 0 Å². The second-order valence-corrected chi connectivity index (χ2v) is 6.83.